The molecule has 14 heavy (non-hydrogen) atoms. The third kappa shape index (κ3) is 6.19. The number of nitrogens with zero attached hydrogens (tertiary/aromatic N) is 1. The summed E-state index contributed by atoms with van der Waals surface area (Å²) in [5.74, 6) is 0. The molecule has 1 aliphatic rings. The summed E-state index contributed by atoms with van der Waals surface area (Å²) in [7, 11) is 0. The van der Waals surface area contributed by atoms with Crippen molar-refractivity contribution in [2.24, 2.45) is 0 Å². The van der Waals surface area contributed by atoms with Crippen molar-refractivity contribution >= 4 is 22.6 Å². The van der Waals surface area contributed by atoms with Gasteiger partial charge in [0, 0.05) is 0 Å². The van der Waals surface area contributed by atoms with E-state index in [1.54, 1.807) is 0 Å². The van der Waals surface area contributed by atoms with E-state index < -0.39 is 0 Å². The number of likely N-dealkylation sites (tertiary alicyclic amines) is 1. The molecule has 2 nitrogen and oxygen atoms in total. The minimum absolute atomic E-state index is 1.21. The van der Waals surface area contributed by atoms with Crippen LogP contribution in [-0.4, -0.2) is 42.1 Å². The highest BCUT2D eigenvalue weighted by Gasteiger charge is 2.09. The molecule has 84 valence electrons. The van der Waals surface area contributed by atoms with Gasteiger partial charge in [-0.3, -0.25) is 0 Å². The van der Waals surface area contributed by atoms with E-state index in [1.807, 2.05) is 0 Å². The van der Waals surface area contributed by atoms with Crippen LogP contribution >= 0.6 is 22.6 Å². The van der Waals surface area contributed by atoms with E-state index >= 15 is 0 Å². The van der Waals surface area contributed by atoms with Crippen LogP contribution in [-0.2, 0) is 0 Å². The van der Waals surface area contributed by atoms with Gasteiger partial charge in [0.05, 0.1) is 0 Å². The molecule has 1 aliphatic heterocycles. The van der Waals surface area contributed by atoms with Crippen molar-refractivity contribution in [1.29, 1.82) is 0 Å². The largest absolute Gasteiger partial charge is 0.317 e. The Morgan fingerprint density at radius 2 is 1.71 bits per heavy atom. The van der Waals surface area contributed by atoms with Crippen LogP contribution in [0.15, 0.2) is 0 Å². The van der Waals surface area contributed by atoms with Crippen LogP contribution in [0.3, 0.4) is 0 Å². The number of rotatable bonds is 8. The van der Waals surface area contributed by atoms with Crippen LogP contribution in [0.1, 0.15) is 32.1 Å². The fourth-order valence-corrected chi connectivity index (χ4v) is 2.44. The highest BCUT2D eigenvalue weighted by molar-refractivity contribution is 14.1. The predicted octanol–water partition coefficient (Wildman–Crippen LogP) is 2.28. The van der Waals surface area contributed by atoms with Crippen LogP contribution in [0.4, 0.5) is 0 Å². The molecule has 1 saturated heterocycles. The summed E-state index contributed by atoms with van der Waals surface area (Å²) in [6.45, 7) is 6.41. The van der Waals surface area contributed by atoms with Crippen molar-refractivity contribution in [3.8, 4) is 0 Å². The smallest absolute Gasteiger partial charge is 0.000426 e. The van der Waals surface area contributed by atoms with E-state index in [9.17, 15) is 0 Å². The zero-order chi connectivity index (χ0) is 10.1. The SMILES string of the molecule is ICCCCNCCCN1CCCC1. The molecule has 1 N–H and O–H groups in total. The third-order valence-electron chi connectivity index (χ3n) is 2.76. The van der Waals surface area contributed by atoms with Crippen LogP contribution in [0, 0.1) is 0 Å². The molecule has 0 radical (unpaired) electrons. The van der Waals surface area contributed by atoms with Gasteiger partial charge in [-0.05, 0) is 69.3 Å². The summed E-state index contributed by atoms with van der Waals surface area (Å²) in [4.78, 5) is 2.59. The third-order valence-corrected chi connectivity index (χ3v) is 3.53. The molecule has 0 unspecified atom stereocenters. The lowest BCUT2D eigenvalue weighted by Crippen LogP contribution is -2.25. The molecule has 0 saturated carbocycles. The normalized spacial score (nSPS) is 17.8. The molecule has 0 aromatic heterocycles. The Kier molecular flexibility index (Phi) is 8.10. The Bertz CT molecular complexity index is 124. The molecule has 0 aromatic rings. The summed E-state index contributed by atoms with van der Waals surface area (Å²) in [6.07, 6.45) is 6.86. The first-order valence-electron chi connectivity index (χ1n) is 5.92. The van der Waals surface area contributed by atoms with E-state index in [1.165, 1.54) is 69.3 Å². The number of unbranched alkanes of at least 4 members (excludes halogenated alkanes) is 1. The molecule has 0 amide bonds. The van der Waals surface area contributed by atoms with Crippen molar-refractivity contribution < 1.29 is 0 Å². The fourth-order valence-electron chi connectivity index (χ4n) is 1.90. The first-order chi connectivity index (χ1) is 6.93. The molecule has 3 heteroatoms. The van der Waals surface area contributed by atoms with Crippen LogP contribution in [0.5, 0.6) is 0 Å². The Morgan fingerprint density at radius 3 is 2.43 bits per heavy atom. The van der Waals surface area contributed by atoms with Gasteiger partial charge >= 0.3 is 0 Å². The van der Waals surface area contributed by atoms with Gasteiger partial charge in [-0.1, -0.05) is 22.6 Å². The Hall–Kier alpha value is 0.650. The maximum Gasteiger partial charge on any atom is -0.000426 e. The van der Waals surface area contributed by atoms with Crippen molar-refractivity contribution in [3.63, 3.8) is 0 Å². The van der Waals surface area contributed by atoms with Gasteiger partial charge in [0.1, 0.15) is 0 Å². The van der Waals surface area contributed by atoms with Gasteiger partial charge in [-0.25, -0.2) is 0 Å². The van der Waals surface area contributed by atoms with Gasteiger partial charge in [-0.2, -0.15) is 0 Å². The molecular weight excluding hydrogens is 287 g/mol. The molecule has 1 rings (SSSR count). The standard InChI is InChI=1S/C11H23IN2/c12-6-1-2-7-13-8-5-11-14-9-3-4-10-14/h13H,1-11H2. The van der Waals surface area contributed by atoms with Crippen molar-refractivity contribution in [2.75, 3.05) is 37.2 Å². The zero-order valence-corrected chi connectivity index (χ0v) is 11.3. The van der Waals surface area contributed by atoms with E-state index in [-0.39, 0.29) is 0 Å². The topological polar surface area (TPSA) is 15.3 Å². The minimum Gasteiger partial charge on any atom is -0.317 e. The Balaban J connectivity index is 1.75. The van der Waals surface area contributed by atoms with E-state index in [0.717, 1.165) is 0 Å². The second-order valence-corrected chi connectivity index (χ2v) is 5.13. The highest BCUT2D eigenvalue weighted by atomic mass is 127. The quantitative estimate of drug-likeness (QED) is 0.420. The average Bonchev–Trinajstić information content (AvgIpc) is 2.69. The van der Waals surface area contributed by atoms with Gasteiger partial charge in [0.25, 0.3) is 0 Å². The van der Waals surface area contributed by atoms with Crippen molar-refractivity contribution in [2.45, 2.75) is 32.1 Å². The first kappa shape index (κ1) is 12.7. The second-order valence-electron chi connectivity index (χ2n) is 4.05. The maximum atomic E-state index is 3.51. The van der Waals surface area contributed by atoms with E-state index in [2.05, 4.69) is 32.8 Å². The second kappa shape index (κ2) is 8.92. The summed E-state index contributed by atoms with van der Waals surface area (Å²) < 4.78 is 1.30. The maximum absolute atomic E-state index is 3.51. The van der Waals surface area contributed by atoms with Gasteiger partial charge in [0.2, 0.25) is 0 Å². The first-order valence-corrected chi connectivity index (χ1v) is 7.45. The van der Waals surface area contributed by atoms with E-state index in [0.29, 0.717) is 0 Å². The average molecular weight is 310 g/mol. The summed E-state index contributed by atoms with van der Waals surface area (Å²) in [5, 5.41) is 3.51. The number of hydrogen-bond donors (Lipinski definition) is 1. The van der Waals surface area contributed by atoms with Crippen molar-refractivity contribution in [3.05, 3.63) is 0 Å². The van der Waals surface area contributed by atoms with Crippen LogP contribution in [0.2, 0.25) is 0 Å². The monoisotopic (exact) mass is 310 g/mol. The predicted molar refractivity (Wildman–Crippen MR) is 71.3 cm³/mol. The number of halogens is 1. The molecule has 0 bridgehead atoms. The lowest BCUT2D eigenvalue weighted by atomic mass is 10.3. The van der Waals surface area contributed by atoms with Gasteiger partial charge in [0.15, 0.2) is 0 Å². The number of hydrogen-bond acceptors (Lipinski definition) is 2. The molecule has 0 aliphatic carbocycles. The number of nitrogens with one attached hydrogen (secondary N) is 1. The van der Waals surface area contributed by atoms with Crippen molar-refractivity contribution in [1.82, 2.24) is 10.2 Å². The summed E-state index contributed by atoms with van der Waals surface area (Å²) in [5.41, 5.74) is 0. The Morgan fingerprint density at radius 1 is 1.00 bits per heavy atom. The molecular formula is C11H23IN2. The molecule has 1 heterocycles. The molecule has 0 spiro atoms. The lowest BCUT2D eigenvalue weighted by molar-refractivity contribution is 0.331. The van der Waals surface area contributed by atoms with Gasteiger partial charge in [-0.15, -0.1) is 0 Å². The molecule has 0 aromatic carbocycles. The highest BCUT2D eigenvalue weighted by Crippen LogP contribution is 2.06. The minimum atomic E-state index is 1.21. The Labute approximate surface area is 102 Å². The summed E-state index contributed by atoms with van der Waals surface area (Å²) >= 11 is 2.45. The molecule has 1 fully saturated rings. The van der Waals surface area contributed by atoms with Crippen LogP contribution < -0.4 is 5.32 Å². The van der Waals surface area contributed by atoms with Gasteiger partial charge < -0.3 is 10.2 Å². The van der Waals surface area contributed by atoms with Crippen LogP contribution in [0.25, 0.3) is 0 Å². The molecule has 0 atom stereocenters. The number of alkyl halides is 1. The fraction of sp³-hybridized carbons (Fsp3) is 1.00. The lowest BCUT2D eigenvalue weighted by Gasteiger charge is -2.14. The summed E-state index contributed by atoms with van der Waals surface area (Å²) in [6, 6.07) is 0. The zero-order valence-electron chi connectivity index (χ0n) is 9.10. The van der Waals surface area contributed by atoms with E-state index in [4.69, 9.17) is 0 Å².